The van der Waals surface area contributed by atoms with E-state index >= 15 is 0 Å². The molecule has 1 atom stereocenters. The molecule has 0 radical (unpaired) electrons. The van der Waals surface area contributed by atoms with Crippen molar-refractivity contribution in [1.82, 2.24) is 0 Å². The molecule has 0 aliphatic heterocycles. The van der Waals surface area contributed by atoms with Gasteiger partial charge in [0.1, 0.15) is 5.44 Å². The number of hydrogen-bond donors (Lipinski definition) is 2. The molecule has 0 heterocycles. The van der Waals surface area contributed by atoms with Crippen molar-refractivity contribution in [2.45, 2.75) is 26.8 Å². The van der Waals surface area contributed by atoms with Crippen molar-refractivity contribution >= 4 is 30.3 Å². The van der Waals surface area contributed by atoms with Crippen LogP contribution in [0.15, 0.2) is 60.0 Å². The molecule has 0 saturated carbocycles. The summed E-state index contributed by atoms with van der Waals surface area (Å²) in [7, 11) is -3.72. The molecule has 0 saturated heterocycles. The molecule has 0 amide bonds. The molecule has 2 N–H and O–H groups in total. The van der Waals surface area contributed by atoms with Gasteiger partial charge in [0.2, 0.25) is 0 Å². The lowest BCUT2D eigenvalue weighted by Gasteiger charge is -2.23. The summed E-state index contributed by atoms with van der Waals surface area (Å²) in [6.07, 6.45) is 1.62. The van der Waals surface area contributed by atoms with Crippen LogP contribution in [0.2, 0.25) is 0 Å². The van der Waals surface area contributed by atoms with Crippen molar-refractivity contribution in [3.63, 3.8) is 0 Å². The lowest BCUT2D eigenvalue weighted by molar-refractivity contribution is -0.385. The van der Waals surface area contributed by atoms with Crippen LogP contribution in [0, 0.1) is 20.2 Å². The molecule has 2 aromatic carbocycles. The Morgan fingerprint density at radius 3 is 1.78 bits per heavy atom. The van der Waals surface area contributed by atoms with Crippen LogP contribution in [0.3, 0.4) is 0 Å². The third-order valence-corrected chi connectivity index (χ3v) is 6.17. The maximum Gasteiger partial charge on any atom is 0.377 e. The van der Waals surface area contributed by atoms with E-state index in [0.717, 1.165) is 0 Å². The summed E-state index contributed by atoms with van der Waals surface area (Å²) in [5, 5.41) is 27.8. The number of benzene rings is 2. The van der Waals surface area contributed by atoms with Gasteiger partial charge in [0.25, 0.3) is 11.4 Å². The maximum atomic E-state index is 13.4. The number of nitro groups is 2. The van der Waals surface area contributed by atoms with Gasteiger partial charge in [-0.3, -0.25) is 24.8 Å². The Balaban J connectivity index is 2.32. The molecule has 0 aliphatic rings. The second-order valence-corrected chi connectivity index (χ2v) is 8.54. The maximum absolute atomic E-state index is 13.4. The van der Waals surface area contributed by atoms with Gasteiger partial charge in [-0.2, -0.15) is 0 Å². The fourth-order valence-electron chi connectivity index (χ4n) is 2.75. The molecular formula is C20H25N4O7P. The molecule has 1 unspecified atom stereocenters. The van der Waals surface area contributed by atoms with Crippen molar-refractivity contribution in [3.8, 4) is 0 Å². The number of non-ortho nitro benzene ring substituents is 2. The molecule has 0 aliphatic carbocycles. The molecule has 12 heteroatoms. The summed E-state index contributed by atoms with van der Waals surface area (Å²) in [6.45, 7) is 5.45. The van der Waals surface area contributed by atoms with Crippen LogP contribution in [0.5, 0.6) is 0 Å². The first kappa shape index (κ1) is 25.0. The summed E-state index contributed by atoms with van der Waals surface area (Å²) < 4.78 is 24.3. The number of nitro benzene ring substituents is 2. The van der Waals surface area contributed by atoms with E-state index in [9.17, 15) is 24.8 Å². The zero-order chi connectivity index (χ0) is 23.7. The Hall–Kier alpha value is -3.27. The average Bonchev–Trinajstić information content (AvgIpc) is 2.74. The standard InChI is InChI=1S/C20H25N4O7P/c1-4-30-32(29,31-5-2)20(22-17-8-12-19(13-9-17)24(27)28)14-15(3)21-16-6-10-18(11-7-16)23(25)26/h6-15,21-22H,4-5H2,1-3H3/b20-14+. The highest BCUT2D eigenvalue weighted by atomic mass is 31.2. The van der Waals surface area contributed by atoms with Crippen molar-refractivity contribution in [1.29, 1.82) is 0 Å². The van der Waals surface area contributed by atoms with Gasteiger partial charge in [-0.15, -0.1) is 0 Å². The van der Waals surface area contributed by atoms with Crippen LogP contribution in [0.1, 0.15) is 20.8 Å². The predicted octanol–water partition coefficient (Wildman–Crippen LogP) is 5.52. The molecule has 2 aromatic rings. The lowest BCUT2D eigenvalue weighted by atomic mass is 10.2. The molecule has 0 aromatic heterocycles. The van der Waals surface area contributed by atoms with E-state index in [2.05, 4.69) is 10.6 Å². The second kappa shape index (κ2) is 11.4. The minimum atomic E-state index is -3.72. The van der Waals surface area contributed by atoms with E-state index in [1.54, 1.807) is 39.0 Å². The average molecular weight is 464 g/mol. The van der Waals surface area contributed by atoms with Gasteiger partial charge in [-0.1, -0.05) is 0 Å². The molecule has 11 nitrogen and oxygen atoms in total. The quantitative estimate of drug-likeness (QED) is 0.235. The fourth-order valence-corrected chi connectivity index (χ4v) is 4.46. The summed E-state index contributed by atoms with van der Waals surface area (Å²) in [4.78, 5) is 20.7. The molecule has 0 spiro atoms. The first-order valence-corrected chi connectivity index (χ1v) is 11.4. The Morgan fingerprint density at radius 1 is 0.938 bits per heavy atom. The van der Waals surface area contributed by atoms with Crippen LogP contribution in [-0.2, 0) is 13.6 Å². The highest BCUT2D eigenvalue weighted by molar-refractivity contribution is 7.58. The van der Waals surface area contributed by atoms with E-state index in [1.807, 2.05) is 0 Å². The van der Waals surface area contributed by atoms with Crippen LogP contribution in [0.25, 0.3) is 0 Å². The van der Waals surface area contributed by atoms with Gasteiger partial charge in [0.05, 0.1) is 23.1 Å². The van der Waals surface area contributed by atoms with Gasteiger partial charge in [0, 0.05) is 41.7 Å². The monoisotopic (exact) mass is 464 g/mol. The summed E-state index contributed by atoms with van der Waals surface area (Å²) in [5.41, 5.74) is 1.14. The second-order valence-electron chi connectivity index (χ2n) is 6.55. The van der Waals surface area contributed by atoms with Gasteiger partial charge in [0.15, 0.2) is 0 Å². The molecule has 2 rings (SSSR count). The van der Waals surface area contributed by atoms with E-state index in [1.165, 1.54) is 36.4 Å². The molecule has 0 bridgehead atoms. The fraction of sp³-hybridized carbons (Fsp3) is 0.300. The Bertz CT molecular complexity index is 1000. The van der Waals surface area contributed by atoms with E-state index in [0.29, 0.717) is 11.4 Å². The topological polar surface area (TPSA) is 146 Å². The summed E-state index contributed by atoms with van der Waals surface area (Å²) >= 11 is 0. The zero-order valence-corrected chi connectivity index (χ0v) is 18.8. The molecule has 32 heavy (non-hydrogen) atoms. The number of nitrogens with one attached hydrogen (secondary N) is 2. The lowest BCUT2D eigenvalue weighted by Crippen LogP contribution is -2.16. The van der Waals surface area contributed by atoms with E-state index in [4.69, 9.17) is 9.05 Å². The van der Waals surface area contributed by atoms with Crippen LogP contribution < -0.4 is 10.6 Å². The van der Waals surface area contributed by atoms with Crippen LogP contribution >= 0.6 is 7.60 Å². The van der Waals surface area contributed by atoms with Crippen molar-refractivity contribution in [3.05, 3.63) is 80.3 Å². The third-order valence-electron chi connectivity index (χ3n) is 4.12. The smallest absolute Gasteiger partial charge is 0.377 e. The van der Waals surface area contributed by atoms with E-state index in [-0.39, 0.29) is 36.1 Å². The Morgan fingerprint density at radius 2 is 1.38 bits per heavy atom. The number of hydrogen-bond acceptors (Lipinski definition) is 9. The molecular weight excluding hydrogens is 439 g/mol. The van der Waals surface area contributed by atoms with Gasteiger partial charge >= 0.3 is 7.60 Å². The Kier molecular flexibility index (Phi) is 8.89. The minimum Gasteiger partial charge on any atom is -0.379 e. The number of rotatable bonds is 12. The third kappa shape index (κ3) is 6.88. The highest BCUT2D eigenvalue weighted by Gasteiger charge is 2.30. The normalized spacial score (nSPS) is 12.8. The van der Waals surface area contributed by atoms with E-state index < -0.39 is 17.4 Å². The number of nitrogens with zero attached hydrogens (tertiary/aromatic N) is 2. The summed E-state index contributed by atoms with van der Waals surface area (Å²) in [5.74, 6) is 0. The van der Waals surface area contributed by atoms with Gasteiger partial charge < -0.3 is 19.7 Å². The molecule has 0 fully saturated rings. The molecule has 172 valence electrons. The highest BCUT2D eigenvalue weighted by Crippen LogP contribution is 2.56. The SMILES string of the molecule is CCOP(=O)(OCC)/C(=C/C(C)Nc1ccc([N+](=O)[O-])cc1)Nc1ccc([N+](=O)[O-])cc1. The van der Waals surface area contributed by atoms with Crippen molar-refractivity contribution in [2.24, 2.45) is 0 Å². The van der Waals surface area contributed by atoms with Gasteiger partial charge in [-0.05, 0) is 51.1 Å². The van der Waals surface area contributed by atoms with Crippen molar-refractivity contribution in [2.75, 3.05) is 23.8 Å². The minimum absolute atomic E-state index is 0.0311. The van der Waals surface area contributed by atoms with Crippen molar-refractivity contribution < 1.29 is 23.5 Å². The zero-order valence-electron chi connectivity index (χ0n) is 17.9. The first-order chi connectivity index (χ1) is 15.2. The van der Waals surface area contributed by atoms with Crippen LogP contribution in [-0.4, -0.2) is 29.1 Å². The predicted molar refractivity (Wildman–Crippen MR) is 122 cm³/mol. The van der Waals surface area contributed by atoms with Crippen LogP contribution in [0.4, 0.5) is 22.7 Å². The van der Waals surface area contributed by atoms with Gasteiger partial charge in [-0.25, -0.2) is 0 Å². The summed E-state index contributed by atoms with van der Waals surface area (Å²) in [6, 6.07) is 11.1. The first-order valence-electron chi connectivity index (χ1n) is 9.82. The number of anilines is 2. The largest absolute Gasteiger partial charge is 0.379 e. The Labute approximate surface area is 185 Å².